The van der Waals surface area contributed by atoms with Crippen LogP contribution in [0.3, 0.4) is 0 Å². The molecule has 0 aliphatic rings. The van der Waals surface area contributed by atoms with Gasteiger partial charge in [0.1, 0.15) is 11.6 Å². The number of hydrogen-bond acceptors (Lipinski definition) is 5. The van der Waals surface area contributed by atoms with Crippen molar-refractivity contribution in [2.75, 3.05) is 20.8 Å². The van der Waals surface area contributed by atoms with Crippen molar-refractivity contribution in [2.24, 2.45) is 0 Å². The minimum absolute atomic E-state index is 0.0962. The van der Waals surface area contributed by atoms with E-state index in [2.05, 4.69) is 15.6 Å². The lowest BCUT2D eigenvalue weighted by Crippen LogP contribution is -2.32. The summed E-state index contributed by atoms with van der Waals surface area (Å²) < 4.78 is 12.2. The molecule has 3 rings (SSSR count). The second-order valence-electron chi connectivity index (χ2n) is 5.93. The first-order valence-corrected chi connectivity index (χ1v) is 8.42. The first kappa shape index (κ1) is 17.7. The van der Waals surface area contributed by atoms with Crippen molar-refractivity contribution in [1.29, 1.82) is 0 Å². The normalized spacial score (nSPS) is 12.0. The fourth-order valence-corrected chi connectivity index (χ4v) is 2.80. The minimum Gasteiger partial charge on any atom is -0.493 e. The molecule has 26 heavy (non-hydrogen) atoms. The summed E-state index contributed by atoms with van der Waals surface area (Å²) in [6.07, 6.45) is 0.691. The number of methoxy groups -OCH3 is 2. The van der Waals surface area contributed by atoms with Crippen LogP contribution in [0, 0.1) is 0 Å². The summed E-state index contributed by atoms with van der Waals surface area (Å²) in [5, 5.41) is 11.1. The highest BCUT2D eigenvalue weighted by molar-refractivity contribution is 5.82. The lowest BCUT2D eigenvalue weighted by atomic mass is 10.1. The summed E-state index contributed by atoms with van der Waals surface area (Å²) in [6.45, 7) is 2.33. The van der Waals surface area contributed by atoms with Crippen molar-refractivity contribution in [3.8, 4) is 11.5 Å². The Morgan fingerprint density at radius 2 is 1.92 bits per heavy atom. The summed E-state index contributed by atoms with van der Waals surface area (Å²) in [5.74, 6) is 1.27. The molecule has 1 aromatic heterocycles. The number of nitrogens with one attached hydrogen (secondary N) is 1. The highest BCUT2D eigenvalue weighted by atomic mass is 16.5. The molecule has 7 heteroatoms. The average molecular weight is 354 g/mol. The third kappa shape index (κ3) is 3.61. The Morgan fingerprint density at radius 3 is 2.69 bits per heavy atom. The number of aromatic nitrogens is 3. The van der Waals surface area contributed by atoms with Gasteiger partial charge in [0.25, 0.3) is 0 Å². The number of ether oxygens (including phenoxy) is 2. The number of rotatable bonds is 7. The quantitative estimate of drug-likeness (QED) is 0.705. The molecule has 1 N–H and O–H groups in total. The van der Waals surface area contributed by atoms with Gasteiger partial charge in [-0.3, -0.25) is 4.79 Å². The van der Waals surface area contributed by atoms with Gasteiger partial charge in [-0.25, -0.2) is 4.68 Å². The van der Waals surface area contributed by atoms with Gasteiger partial charge in [0.2, 0.25) is 5.91 Å². The van der Waals surface area contributed by atoms with Gasteiger partial charge in [-0.05, 0) is 43.2 Å². The lowest BCUT2D eigenvalue weighted by Gasteiger charge is -2.13. The molecule has 0 fully saturated rings. The SMILES string of the molecule is COc1ccc(CCNC(=O)C(C)n2nnc3ccccc32)cc1OC. The Morgan fingerprint density at radius 1 is 1.15 bits per heavy atom. The van der Waals surface area contributed by atoms with Crippen LogP contribution in [0.2, 0.25) is 0 Å². The van der Waals surface area contributed by atoms with E-state index in [0.717, 1.165) is 16.6 Å². The van der Waals surface area contributed by atoms with Gasteiger partial charge in [0.15, 0.2) is 11.5 Å². The maximum atomic E-state index is 12.5. The maximum Gasteiger partial charge on any atom is 0.244 e. The molecule has 0 saturated carbocycles. The molecule has 1 atom stereocenters. The fraction of sp³-hybridized carbons (Fsp3) is 0.316. The van der Waals surface area contributed by atoms with E-state index in [9.17, 15) is 4.79 Å². The number of carbonyl (C=O) groups is 1. The number of benzene rings is 2. The van der Waals surface area contributed by atoms with E-state index in [4.69, 9.17) is 9.47 Å². The predicted molar refractivity (Wildman–Crippen MR) is 98.5 cm³/mol. The zero-order valence-corrected chi connectivity index (χ0v) is 15.1. The maximum absolute atomic E-state index is 12.5. The number of carbonyl (C=O) groups excluding carboxylic acids is 1. The highest BCUT2D eigenvalue weighted by Gasteiger charge is 2.18. The van der Waals surface area contributed by atoms with Gasteiger partial charge in [0, 0.05) is 6.54 Å². The third-order valence-electron chi connectivity index (χ3n) is 4.28. The Kier molecular flexibility index (Phi) is 5.36. The van der Waals surface area contributed by atoms with E-state index in [1.165, 1.54) is 0 Å². The predicted octanol–water partition coefficient (Wildman–Crippen LogP) is 2.37. The van der Waals surface area contributed by atoms with Crippen LogP contribution >= 0.6 is 0 Å². The molecule has 0 aliphatic heterocycles. The standard InChI is InChI=1S/C19H22N4O3/c1-13(23-16-7-5-4-6-15(16)21-22-23)19(24)20-11-10-14-8-9-17(25-2)18(12-14)26-3/h4-9,12-13H,10-11H2,1-3H3,(H,20,24). The van der Waals surface area contributed by atoms with E-state index < -0.39 is 6.04 Å². The van der Waals surface area contributed by atoms with Crippen LogP contribution < -0.4 is 14.8 Å². The molecule has 2 aromatic carbocycles. The Balaban J connectivity index is 1.60. The van der Waals surface area contributed by atoms with Crippen molar-refractivity contribution in [2.45, 2.75) is 19.4 Å². The molecule has 0 bridgehead atoms. The molecule has 0 aliphatic carbocycles. The van der Waals surface area contributed by atoms with Crippen LogP contribution in [0.15, 0.2) is 42.5 Å². The van der Waals surface area contributed by atoms with Crippen molar-refractivity contribution in [3.63, 3.8) is 0 Å². The summed E-state index contributed by atoms with van der Waals surface area (Å²) >= 11 is 0. The van der Waals surface area contributed by atoms with Crippen molar-refractivity contribution in [3.05, 3.63) is 48.0 Å². The zero-order chi connectivity index (χ0) is 18.5. The molecular weight excluding hydrogens is 332 g/mol. The molecule has 1 amide bonds. The molecule has 136 valence electrons. The van der Waals surface area contributed by atoms with Crippen molar-refractivity contribution >= 4 is 16.9 Å². The zero-order valence-electron chi connectivity index (χ0n) is 15.1. The third-order valence-corrected chi connectivity index (χ3v) is 4.28. The Hall–Kier alpha value is -3.09. The first-order chi connectivity index (χ1) is 12.6. The lowest BCUT2D eigenvalue weighted by molar-refractivity contribution is -0.124. The van der Waals surface area contributed by atoms with Crippen LogP contribution in [0.4, 0.5) is 0 Å². The van der Waals surface area contributed by atoms with Gasteiger partial charge in [-0.1, -0.05) is 23.4 Å². The molecule has 0 spiro atoms. The van der Waals surface area contributed by atoms with E-state index in [1.807, 2.05) is 49.4 Å². The van der Waals surface area contributed by atoms with Crippen LogP contribution in [0.25, 0.3) is 11.0 Å². The van der Waals surface area contributed by atoms with Crippen LogP contribution in [-0.4, -0.2) is 41.7 Å². The summed E-state index contributed by atoms with van der Waals surface area (Å²) in [7, 11) is 3.21. The van der Waals surface area contributed by atoms with Crippen LogP contribution in [0.1, 0.15) is 18.5 Å². The second kappa shape index (κ2) is 7.86. The van der Waals surface area contributed by atoms with Gasteiger partial charge < -0.3 is 14.8 Å². The van der Waals surface area contributed by atoms with Gasteiger partial charge in [0.05, 0.1) is 19.7 Å². The minimum atomic E-state index is -0.437. The fourth-order valence-electron chi connectivity index (χ4n) is 2.80. The van der Waals surface area contributed by atoms with Crippen molar-refractivity contribution < 1.29 is 14.3 Å². The Bertz CT molecular complexity index is 907. The van der Waals surface area contributed by atoms with E-state index >= 15 is 0 Å². The summed E-state index contributed by atoms with van der Waals surface area (Å²) in [6, 6.07) is 12.9. The second-order valence-corrected chi connectivity index (χ2v) is 5.93. The van der Waals surface area contributed by atoms with E-state index in [0.29, 0.717) is 24.5 Å². The van der Waals surface area contributed by atoms with Gasteiger partial charge in [-0.15, -0.1) is 5.10 Å². The number of fused-ring (bicyclic) bond motifs is 1. The summed E-state index contributed by atoms with van der Waals surface area (Å²) in [5.41, 5.74) is 2.68. The molecule has 0 radical (unpaired) electrons. The first-order valence-electron chi connectivity index (χ1n) is 8.42. The number of para-hydroxylation sites is 1. The van der Waals surface area contributed by atoms with Crippen molar-refractivity contribution in [1.82, 2.24) is 20.3 Å². The number of amides is 1. The summed E-state index contributed by atoms with van der Waals surface area (Å²) in [4.78, 5) is 12.5. The highest BCUT2D eigenvalue weighted by Crippen LogP contribution is 2.27. The average Bonchev–Trinajstić information content (AvgIpc) is 3.11. The smallest absolute Gasteiger partial charge is 0.244 e. The molecule has 1 heterocycles. The van der Waals surface area contributed by atoms with Crippen LogP contribution in [0.5, 0.6) is 11.5 Å². The number of hydrogen-bond donors (Lipinski definition) is 1. The van der Waals surface area contributed by atoms with E-state index in [1.54, 1.807) is 18.9 Å². The van der Waals surface area contributed by atoms with Gasteiger partial charge in [-0.2, -0.15) is 0 Å². The monoisotopic (exact) mass is 354 g/mol. The molecule has 1 unspecified atom stereocenters. The molecule has 7 nitrogen and oxygen atoms in total. The molecule has 0 saturated heterocycles. The topological polar surface area (TPSA) is 78.3 Å². The Labute approximate surface area is 151 Å². The number of nitrogens with zero attached hydrogens (tertiary/aromatic N) is 3. The molecule has 3 aromatic rings. The van der Waals surface area contributed by atoms with Gasteiger partial charge >= 0.3 is 0 Å². The van der Waals surface area contributed by atoms with Crippen LogP contribution in [-0.2, 0) is 11.2 Å². The molecular formula is C19H22N4O3. The largest absolute Gasteiger partial charge is 0.493 e. The van der Waals surface area contributed by atoms with E-state index in [-0.39, 0.29) is 5.91 Å².